The van der Waals surface area contributed by atoms with Gasteiger partial charge in [0, 0.05) is 12.7 Å². The Morgan fingerprint density at radius 1 is 1.56 bits per heavy atom. The number of anilines is 1. The summed E-state index contributed by atoms with van der Waals surface area (Å²) < 4.78 is 13.7. The molecular formula is C13H15FN2O2. The van der Waals surface area contributed by atoms with Crippen LogP contribution in [0.25, 0.3) is 0 Å². The third kappa shape index (κ3) is 2.85. The van der Waals surface area contributed by atoms with Gasteiger partial charge >= 0.3 is 5.97 Å². The maximum atomic E-state index is 13.7. The molecule has 1 aliphatic carbocycles. The summed E-state index contributed by atoms with van der Waals surface area (Å²) in [5, 5.41) is 11.6. The van der Waals surface area contributed by atoms with E-state index in [1.54, 1.807) is 0 Å². The van der Waals surface area contributed by atoms with Gasteiger partial charge in [0.2, 0.25) is 0 Å². The number of aromatic carboxylic acids is 1. The molecule has 1 aromatic rings. The van der Waals surface area contributed by atoms with Crippen LogP contribution in [0.3, 0.4) is 0 Å². The summed E-state index contributed by atoms with van der Waals surface area (Å²) in [4.78, 5) is 14.6. The summed E-state index contributed by atoms with van der Waals surface area (Å²) in [7, 11) is 0. The molecule has 0 aliphatic heterocycles. The minimum Gasteiger partial charge on any atom is -0.478 e. The number of carbonyl (C=O) groups is 1. The van der Waals surface area contributed by atoms with Crippen molar-refractivity contribution in [1.29, 1.82) is 0 Å². The second kappa shape index (κ2) is 5.62. The topological polar surface area (TPSA) is 62.2 Å². The minimum absolute atomic E-state index is 0.00787. The number of nitrogens with zero attached hydrogens (tertiary/aromatic N) is 1. The van der Waals surface area contributed by atoms with Gasteiger partial charge in [-0.05, 0) is 31.7 Å². The fourth-order valence-electron chi connectivity index (χ4n) is 2.04. The number of rotatable bonds is 5. The second-order valence-corrected chi connectivity index (χ2v) is 4.26. The zero-order valence-corrected chi connectivity index (χ0v) is 9.95. The van der Waals surface area contributed by atoms with Crippen molar-refractivity contribution in [3.63, 3.8) is 0 Å². The third-order valence-corrected chi connectivity index (χ3v) is 2.99. The predicted octanol–water partition coefficient (Wildman–Crippen LogP) is 2.83. The molecule has 0 fully saturated rings. The van der Waals surface area contributed by atoms with Crippen molar-refractivity contribution in [1.82, 2.24) is 4.98 Å². The van der Waals surface area contributed by atoms with Crippen LogP contribution in [0.5, 0.6) is 0 Å². The van der Waals surface area contributed by atoms with E-state index in [9.17, 15) is 9.18 Å². The molecule has 0 unspecified atom stereocenters. The zero-order valence-electron chi connectivity index (χ0n) is 9.95. The zero-order chi connectivity index (χ0) is 13.0. The lowest BCUT2D eigenvalue weighted by Crippen LogP contribution is -2.09. The summed E-state index contributed by atoms with van der Waals surface area (Å²) >= 11 is 0. The molecule has 18 heavy (non-hydrogen) atoms. The SMILES string of the molecule is O=C(O)c1ccnc(NCCC2=CCCC2)c1F. The van der Waals surface area contributed by atoms with Gasteiger partial charge in [-0.3, -0.25) is 0 Å². The lowest BCUT2D eigenvalue weighted by molar-refractivity contribution is 0.0692. The first-order chi connectivity index (χ1) is 8.68. The van der Waals surface area contributed by atoms with Crippen molar-refractivity contribution in [2.24, 2.45) is 0 Å². The van der Waals surface area contributed by atoms with E-state index in [2.05, 4.69) is 16.4 Å². The fraction of sp³-hybridized carbons (Fsp3) is 0.385. The largest absolute Gasteiger partial charge is 0.478 e. The number of halogens is 1. The van der Waals surface area contributed by atoms with Crippen LogP contribution >= 0.6 is 0 Å². The van der Waals surface area contributed by atoms with Gasteiger partial charge in [-0.1, -0.05) is 11.6 Å². The molecule has 0 saturated heterocycles. The Balaban J connectivity index is 1.96. The van der Waals surface area contributed by atoms with E-state index in [0.29, 0.717) is 6.54 Å². The number of pyridine rings is 1. The smallest absolute Gasteiger partial charge is 0.338 e. The first-order valence-corrected chi connectivity index (χ1v) is 5.98. The van der Waals surface area contributed by atoms with Crippen LogP contribution in [0, 0.1) is 5.82 Å². The molecule has 0 bridgehead atoms. The van der Waals surface area contributed by atoms with Crippen LogP contribution in [0.1, 0.15) is 36.0 Å². The molecular weight excluding hydrogens is 235 g/mol. The number of aromatic nitrogens is 1. The Morgan fingerprint density at radius 3 is 3.06 bits per heavy atom. The Morgan fingerprint density at radius 2 is 2.39 bits per heavy atom. The molecule has 0 aromatic carbocycles. The van der Waals surface area contributed by atoms with E-state index < -0.39 is 11.8 Å². The van der Waals surface area contributed by atoms with Crippen molar-refractivity contribution in [2.75, 3.05) is 11.9 Å². The highest BCUT2D eigenvalue weighted by atomic mass is 19.1. The summed E-state index contributed by atoms with van der Waals surface area (Å²) in [5.74, 6) is -2.07. The first-order valence-electron chi connectivity index (χ1n) is 5.98. The van der Waals surface area contributed by atoms with Crippen molar-refractivity contribution in [3.8, 4) is 0 Å². The molecule has 96 valence electrons. The molecule has 1 heterocycles. The number of hydrogen-bond donors (Lipinski definition) is 2. The van der Waals surface area contributed by atoms with Crippen LogP contribution in [0.2, 0.25) is 0 Å². The highest BCUT2D eigenvalue weighted by molar-refractivity contribution is 5.88. The standard InChI is InChI=1S/C13H15FN2O2/c14-11-10(13(17)18)6-8-16-12(11)15-7-5-9-3-1-2-4-9/h3,6,8H,1-2,4-5,7H2,(H,15,16)(H,17,18). The van der Waals surface area contributed by atoms with Crippen LogP contribution < -0.4 is 5.32 Å². The third-order valence-electron chi connectivity index (χ3n) is 2.99. The average molecular weight is 250 g/mol. The second-order valence-electron chi connectivity index (χ2n) is 4.26. The normalized spacial score (nSPS) is 14.4. The molecule has 2 rings (SSSR count). The van der Waals surface area contributed by atoms with Crippen molar-refractivity contribution in [3.05, 3.63) is 35.3 Å². The number of nitrogens with one attached hydrogen (secondary N) is 1. The van der Waals surface area contributed by atoms with Gasteiger partial charge in [0.05, 0.1) is 0 Å². The van der Waals surface area contributed by atoms with E-state index >= 15 is 0 Å². The maximum Gasteiger partial charge on any atom is 0.338 e. The molecule has 0 amide bonds. The van der Waals surface area contributed by atoms with Gasteiger partial charge in [0.1, 0.15) is 5.56 Å². The lowest BCUT2D eigenvalue weighted by atomic mass is 10.1. The highest BCUT2D eigenvalue weighted by Crippen LogP contribution is 2.21. The summed E-state index contributed by atoms with van der Waals surface area (Å²) in [5.41, 5.74) is 1.02. The van der Waals surface area contributed by atoms with Crippen LogP contribution in [0.15, 0.2) is 23.9 Å². The van der Waals surface area contributed by atoms with Crippen molar-refractivity contribution in [2.45, 2.75) is 25.7 Å². The molecule has 0 atom stereocenters. The van der Waals surface area contributed by atoms with E-state index in [0.717, 1.165) is 25.3 Å². The number of hydrogen-bond acceptors (Lipinski definition) is 3. The monoisotopic (exact) mass is 250 g/mol. The van der Waals surface area contributed by atoms with Crippen LogP contribution in [0.4, 0.5) is 10.2 Å². The lowest BCUT2D eigenvalue weighted by Gasteiger charge is -2.08. The van der Waals surface area contributed by atoms with Gasteiger partial charge in [-0.2, -0.15) is 0 Å². The fourth-order valence-corrected chi connectivity index (χ4v) is 2.04. The number of carboxylic acids is 1. The van der Waals surface area contributed by atoms with E-state index in [4.69, 9.17) is 5.11 Å². The summed E-state index contributed by atoms with van der Waals surface area (Å²) in [6.45, 7) is 0.568. The van der Waals surface area contributed by atoms with Gasteiger partial charge < -0.3 is 10.4 Å². The quantitative estimate of drug-likeness (QED) is 0.789. The molecule has 4 nitrogen and oxygen atoms in total. The van der Waals surface area contributed by atoms with E-state index in [1.807, 2.05) is 0 Å². The Kier molecular flexibility index (Phi) is 3.92. The Hall–Kier alpha value is -1.91. The van der Waals surface area contributed by atoms with Crippen molar-refractivity contribution < 1.29 is 14.3 Å². The molecule has 0 saturated carbocycles. The van der Waals surface area contributed by atoms with Gasteiger partial charge in [0.15, 0.2) is 11.6 Å². The van der Waals surface area contributed by atoms with Gasteiger partial charge in [-0.15, -0.1) is 0 Å². The minimum atomic E-state index is -1.28. The number of allylic oxidation sites excluding steroid dienone is 1. The molecule has 1 aliphatic rings. The maximum absolute atomic E-state index is 13.7. The van der Waals surface area contributed by atoms with Gasteiger partial charge in [-0.25, -0.2) is 14.2 Å². The van der Waals surface area contributed by atoms with Crippen LogP contribution in [-0.4, -0.2) is 22.6 Å². The molecule has 2 N–H and O–H groups in total. The Bertz CT molecular complexity index is 486. The number of carboxylic acid groups (broad SMARTS) is 1. The predicted molar refractivity (Wildman–Crippen MR) is 66.2 cm³/mol. The first kappa shape index (κ1) is 12.5. The molecule has 1 aromatic heterocycles. The highest BCUT2D eigenvalue weighted by Gasteiger charge is 2.14. The van der Waals surface area contributed by atoms with E-state index in [-0.39, 0.29) is 11.4 Å². The summed E-state index contributed by atoms with van der Waals surface area (Å²) in [6.07, 6.45) is 7.76. The average Bonchev–Trinajstić information content (AvgIpc) is 2.84. The molecule has 5 heteroatoms. The molecule has 0 radical (unpaired) electrons. The molecule has 0 spiro atoms. The van der Waals surface area contributed by atoms with Crippen molar-refractivity contribution >= 4 is 11.8 Å². The van der Waals surface area contributed by atoms with E-state index in [1.165, 1.54) is 18.2 Å². The van der Waals surface area contributed by atoms with Crippen LogP contribution in [-0.2, 0) is 0 Å². The Labute approximate surface area is 105 Å². The summed E-state index contributed by atoms with van der Waals surface area (Å²) in [6, 6.07) is 1.16. The van der Waals surface area contributed by atoms with Gasteiger partial charge in [0.25, 0.3) is 0 Å².